The Morgan fingerprint density at radius 1 is 1.22 bits per heavy atom. The monoisotopic (exact) mass is 319 g/mol. The fourth-order valence-corrected chi connectivity index (χ4v) is 2.72. The average molecular weight is 319 g/mol. The minimum Gasteiger partial charge on any atom is -0.480 e. The minimum atomic E-state index is -0.897. The van der Waals surface area contributed by atoms with Crippen LogP contribution in [0.3, 0.4) is 0 Å². The quantitative estimate of drug-likeness (QED) is 0.842. The molecule has 4 nitrogen and oxygen atoms in total. The van der Waals surface area contributed by atoms with Crippen LogP contribution in [0.15, 0.2) is 18.2 Å². The minimum absolute atomic E-state index is 0.129. The van der Waals surface area contributed by atoms with Gasteiger partial charge in [0.2, 0.25) is 0 Å². The largest absolute Gasteiger partial charge is 0.480 e. The van der Waals surface area contributed by atoms with Gasteiger partial charge in [0.15, 0.2) is 0 Å². The maximum absolute atomic E-state index is 11.7. The molecule has 1 heterocycles. The molecule has 0 saturated heterocycles. The van der Waals surface area contributed by atoms with Gasteiger partial charge in [0.05, 0.1) is 13.2 Å². The predicted molar refractivity (Wildman–Crippen MR) is 91.4 cm³/mol. The van der Waals surface area contributed by atoms with Crippen LogP contribution in [0.25, 0.3) is 0 Å². The number of carboxylic acid groups (broad SMARTS) is 1. The number of ether oxygens (including phenoxy) is 1. The van der Waals surface area contributed by atoms with Crippen molar-refractivity contribution in [3.63, 3.8) is 0 Å². The molecule has 1 aromatic rings. The Labute approximate surface area is 139 Å². The molecule has 23 heavy (non-hydrogen) atoms. The number of hydrogen-bond donors (Lipinski definition) is 2. The number of benzene rings is 1. The topological polar surface area (TPSA) is 58.6 Å². The van der Waals surface area contributed by atoms with Crippen molar-refractivity contribution in [3.8, 4) is 0 Å². The molecule has 2 rings (SSSR count). The average Bonchev–Trinajstić information content (AvgIpc) is 2.50. The first kappa shape index (κ1) is 18.0. The van der Waals surface area contributed by atoms with E-state index in [1.54, 1.807) is 6.92 Å². The second-order valence-electron chi connectivity index (χ2n) is 7.96. The molecule has 128 valence electrons. The highest BCUT2D eigenvalue weighted by Crippen LogP contribution is 2.26. The molecule has 0 aromatic heterocycles. The number of nitrogens with one attached hydrogen (secondary N) is 1. The van der Waals surface area contributed by atoms with Crippen LogP contribution in [0, 0.1) is 5.41 Å². The summed E-state index contributed by atoms with van der Waals surface area (Å²) in [6.45, 7) is 10.2. The van der Waals surface area contributed by atoms with E-state index in [0.29, 0.717) is 19.6 Å². The Morgan fingerprint density at radius 3 is 2.61 bits per heavy atom. The molecule has 0 fully saturated rings. The molecule has 0 aliphatic carbocycles. The van der Waals surface area contributed by atoms with Crippen molar-refractivity contribution in [3.05, 3.63) is 34.9 Å². The van der Waals surface area contributed by atoms with Gasteiger partial charge in [-0.2, -0.15) is 0 Å². The fourth-order valence-electron chi connectivity index (χ4n) is 2.72. The van der Waals surface area contributed by atoms with Crippen molar-refractivity contribution in [2.24, 2.45) is 5.41 Å². The van der Waals surface area contributed by atoms with E-state index < -0.39 is 11.5 Å². The van der Waals surface area contributed by atoms with E-state index in [0.717, 1.165) is 25.0 Å². The zero-order valence-corrected chi connectivity index (χ0v) is 14.7. The van der Waals surface area contributed by atoms with Crippen LogP contribution in [0.1, 0.15) is 57.2 Å². The number of fused-ring (bicyclic) bond motifs is 1. The first-order valence-corrected chi connectivity index (χ1v) is 8.36. The van der Waals surface area contributed by atoms with Gasteiger partial charge in [-0.3, -0.25) is 10.1 Å². The van der Waals surface area contributed by atoms with Gasteiger partial charge in [-0.1, -0.05) is 39.0 Å². The molecule has 1 aliphatic heterocycles. The second-order valence-corrected chi connectivity index (χ2v) is 7.96. The van der Waals surface area contributed by atoms with E-state index in [1.165, 1.54) is 11.1 Å². The van der Waals surface area contributed by atoms with E-state index in [9.17, 15) is 9.90 Å². The lowest BCUT2D eigenvalue weighted by Crippen LogP contribution is -2.49. The highest BCUT2D eigenvalue weighted by atomic mass is 16.5. The Kier molecular flexibility index (Phi) is 5.48. The number of carboxylic acids is 1. The lowest BCUT2D eigenvalue weighted by molar-refractivity contribution is -0.144. The first-order chi connectivity index (χ1) is 10.7. The van der Waals surface area contributed by atoms with Crippen molar-refractivity contribution < 1.29 is 14.6 Å². The van der Waals surface area contributed by atoms with Crippen LogP contribution < -0.4 is 5.32 Å². The third-order valence-electron chi connectivity index (χ3n) is 4.57. The van der Waals surface area contributed by atoms with E-state index in [1.807, 2.05) is 0 Å². The molecule has 0 amide bonds. The Balaban J connectivity index is 2.02. The maximum atomic E-state index is 11.7. The standard InChI is InChI=1S/C19H29NO3/c1-18(2,3)8-9-19(4,17(21)22)20-12-14-5-6-16-13-23-10-7-15(16)11-14/h5-6,11,20H,7-10,12-13H2,1-4H3,(H,21,22)/t19-/m0/s1. The lowest BCUT2D eigenvalue weighted by Gasteiger charge is -2.30. The number of aliphatic carboxylic acids is 1. The summed E-state index contributed by atoms with van der Waals surface area (Å²) in [7, 11) is 0. The molecular weight excluding hydrogens is 290 g/mol. The van der Waals surface area contributed by atoms with Crippen LogP contribution in [0.2, 0.25) is 0 Å². The number of hydrogen-bond acceptors (Lipinski definition) is 3. The SMILES string of the molecule is CC(C)(C)CC[C@](C)(NCc1ccc2c(c1)CCOC2)C(=O)O. The molecule has 0 saturated carbocycles. The summed E-state index contributed by atoms with van der Waals surface area (Å²) in [4.78, 5) is 11.7. The molecule has 1 aromatic carbocycles. The number of rotatable bonds is 6. The molecule has 4 heteroatoms. The number of carbonyl (C=O) groups is 1. The third kappa shape index (κ3) is 5.05. The van der Waals surface area contributed by atoms with Crippen LogP contribution >= 0.6 is 0 Å². The summed E-state index contributed by atoms with van der Waals surface area (Å²) in [5.74, 6) is -0.784. The molecule has 0 bridgehead atoms. The Hall–Kier alpha value is -1.39. The molecule has 1 aliphatic rings. The molecule has 1 atom stereocenters. The molecular formula is C19H29NO3. The summed E-state index contributed by atoms with van der Waals surface area (Å²) >= 11 is 0. The summed E-state index contributed by atoms with van der Waals surface area (Å²) < 4.78 is 5.45. The van der Waals surface area contributed by atoms with E-state index in [4.69, 9.17) is 4.74 Å². The zero-order valence-electron chi connectivity index (χ0n) is 14.7. The van der Waals surface area contributed by atoms with Crippen molar-refractivity contribution in [1.82, 2.24) is 5.32 Å². The lowest BCUT2D eigenvalue weighted by atomic mass is 9.84. The second kappa shape index (κ2) is 7.02. The predicted octanol–water partition coefficient (Wildman–Crippen LogP) is 3.52. The van der Waals surface area contributed by atoms with Crippen LogP contribution in [-0.2, 0) is 29.1 Å². The van der Waals surface area contributed by atoms with E-state index >= 15 is 0 Å². The van der Waals surface area contributed by atoms with E-state index in [2.05, 4.69) is 44.3 Å². The van der Waals surface area contributed by atoms with Gasteiger partial charge in [-0.05, 0) is 48.3 Å². The maximum Gasteiger partial charge on any atom is 0.323 e. The summed E-state index contributed by atoms with van der Waals surface area (Å²) in [5.41, 5.74) is 2.93. The molecule has 0 radical (unpaired) electrons. The molecule has 2 N–H and O–H groups in total. The van der Waals surface area contributed by atoms with Crippen molar-refractivity contribution in [2.75, 3.05) is 6.61 Å². The van der Waals surface area contributed by atoms with Crippen LogP contribution in [-0.4, -0.2) is 23.2 Å². The summed E-state index contributed by atoms with van der Waals surface area (Å²) in [6, 6.07) is 6.34. The first-order valence-electron chi connectivity index (χ1n) is 8.36. The van der Waals surface area contributed by atoms with Crippen molar-refractivity contribution in [1.29, 1.82) is 0 Å². The highest BCUT2D eigenvalue weighted by molar-refractivity contribution is 5.78. The van der Waals surface area contributed by atoms with Gasteiger partial charge in [-0.25, -0.2) is 0 Å². The molecule has 0 unspecified atom stereocenters. The summed E-state index contributed by atoms with van der Waals surface area (Å²) in [6.07, 6.45) is 2.42. The van der Waals surface area contributed by atoms with Crippen molar-refractivity contribution >= 4 is 5.97 Å². The van der Waals surface area contributed by atoms with Gasteiger partial charge in [0, 0.05) is 6.54 Å². The van der Waals surface area contributed by atoms with Gasteiger partial charge in [-0.15, -0.1) is 0 Å². The van der Waals surface area contributed by atoms with Gasteiger partial charge < -0.3 is 9.84 Å². The van der Waals surface area contributed by atoms with Gasteiger partial charge >= 0.3 is 5.97 Å². The zero-order chi connectivity index (χ0) is 17.1. The fraction of sp³-hybridized carbons (Fsp3) is 0.632. The third-order valence-corrected chi connectivity index (χ3v) is 4.57. The van der Waals surface area contributed by atoms with Crippen LogP contribution in [0.4, 0.5) is 0 Å². The van der Waals surface area contributed by atoms with Gasteiger partial charge in [0.1, 0.15) is 5.54 Å². The van der Waals surface area contributed by atoms with Crippen molar-refractivity contribution in [2.45, 2.75) is 65.6 Å². The van der Waals surface area contributed by atoms with Crippen LogP contribution in [0.5, 0.6) is 0 Å². The van der Waals surface area contributed by atoms with Gasteiger partial charge in [0.25, 0.3) is 0 Å². The smallest absolute Gasteiger partial charge is 0.323 e. The Morgan fingerprint density at radius 2 is 1.96 bits per heavy atom. The Bertz CT molecular complexity index is 562. The highest BCUT2D eigenvalue weighted by Gasteiger charge is 2.33. The summed E-state index contributed by atoms with van der Waals surface area (Å²) in [5, 5.41) is 12.9. The normalized spacial score (nSPS) is 17.4. The molecule has 0 spiro atoms. The van der Waals surface area contributed by atoms with E-state index in [-0.39, 0.29) is 5.41 Å².